The molecule has 2 aromatic rings. The second-order valence-electron chi connectivity index (χ2n) is 12.8. The number of fused-ring (bicyclic) bond motifs is 2. The third kappa shape index (κ3) is 8.17. The molecule has 3 N–H and O–H groups in total. The number of nitrogens with zero attached hydrogens (tertiary/aromatic N) is 2. The molecule has 0 saturated heterocycles. The maximum absolute atomic E-state index is 12.7. The van der Waals surface area contributed by atoms with Crippen molar-refractivity contribution in [1.29, 1.82) is 0 Å². The molecule has 12 nitrogen and oxygen atoms in total. The predicted molar refractivity (Wildman–Crippen MR) is 163 cm³/mol. The normalized spacial score (nSPS) is 16.4. The average molecular weight is 629 g/mol. The first-order chi connectivity index (χ1) is 21.2. The number of hydrogen-bond acceptors (Lipinski definition) is 9. The number of hydrogen-bond donors (Lipinski definition) is 3. The molecule has 12 heteroatoms. The topological polar surface area (TPSA) is 155 Å². The van der Waals surface area contributed by atoms with E-state index < -0.39 is 35.4 Å². The van der Waals surface area contributed by atoms with Crippen molar-refractivity contribution in [2.24, 2.45) is 17.3 Å². The van der Waals surface area contributed by atoms with Gasteiger partial charge < -0.3 is 39.2 Å². The molecule has 0 radical (unpaired) electrons. The molecule has 45 heavy (non-hydrogen) atoms. The Morgan fingerprint density at radius 2 is 1.18 bits per heavy atom. The van der Waals surface area contributed by atoms with E-state index in [1.54, 1.807) is 26.0 Å². The van der Waals surface area contributed by atoms with Crippen LogP contribution in [0.25, 0.3) is 0 Å². The second kappa shape index (κ2) is 13.9. The molecule has 0 aromatic heterocycles. The molecule has 2 heterocycles. The Hall–Kier alpha value is -4.03. The molecule has 246 valence electrons. The van der Waals surface area contributed by atoms with Gasteiger partial charge in [-0.3, -0.25) is 19.3 Å². The number of carbonyl (C=O) groups is 3. The highest BCUT2D eigenvalue weighted by atomic mass is 16.5. The number of carboxylic acid groups (broad SMARTS) is 2. The smallest absolute Gasteiger partial charge is 0.306 e. The molecular weight excluding hydrogens is 584 g/mol. The Morgan fingerprint density at radius 3 is 1.60 bits per heavy atom. The lowest BCUT2D eigenvalue weighted by atomic mass is 9.96. The van der Waals surface area contributed by atoms with Crippen molar-refractivity contribution in [3.05, 3.63) is 46.5 Å². The van der Waals surface area contributed by atoms with E-state index >= 15 is 0 Å². The van der Waals surface area contributed by atoms with Gasteiger partial charge in [0.25, 0.3) is 0 Å². The molecule has 0 saturated carbocycles. The van der Waals surface area contributed by atoms with E-state index in [0.717, 1.165) is 22.3 Å². The Labute approximate surface area is 263 Å². The highest BCUT2D eigenvalue weighted by Crippen LogP contribution is 2.39. The summed E-state index contributed by atoms with van der Waals surface area (Å²) in [6.45, 7) is 9.45. The molecule has 2 aromatic carbocycles. The summed E-state index contributed by atoms with van der Waals surface area (Å²) in [5.74, 6) is -1.33. The van der Waals surface area contributed by atoms with Crippen molar-refractivity contribution in [2.75, 3.05) is 27.4 Å². The summed E-state index contributed by atoms with van der Waals surface area (Å²) in [4.78, 5) is 38.6. The van der Waals surface area contributed by atoms with Crippen LogP contribution in [0.3, 0.4) is 0 Å². The number of carbonyl (C=O) groups excluding carboxylic acids is 1. The number of aliphatic carboxylic acids is 2. The van der Waals surface area contributed by atoms with Gasteiger partial charge >= 0.3 is 11.9 Å². The highest BCUT2D eigenvalue weighted by molar-refractivity contribution is 5.82. The predicted octanol–water partition coefficient (Wildman–Crippen LogP) is 3.89. The van der Waals surface area contributed by atoms with Crippen LogP contribution in [0, 0.1) is 17.3 Å². The van der Waals surface area contributed by atoms with Crippen LogP contribution >= 0.6 is 0 Å². The molecule has 1 unspecified atom stereocenters. The first-order valence-corrected chi connectivity index (χ1v) is 15.0. The van der Waals surface area contributed by atoms with Crippen LogP contribution in [0.4, 0.5) is 0 Å². The second-order valence-corrected chi connectivity index (χ2v) is 12.8. The summed E-state index contributed by atoms with van der Waals surface area (Å²) in [7, 11) is 3.13. The van der Waals surface area contributed by atoms with E-state index in [4.69, 9.17) is 24.1 Å². The van der Waals surface area contributed by atoms with Gasteiger partial charge in [0.15, 0.2) is 23.0 Å². The van der Waals surface area contributed by atoms with E-state index in [1.807, 2.05) is 43.0 Å². The monoisotopic (exact) mass is 628 g/mol. The number of carboxylic acids is 2. The largest absolute Gasteiger partial charge is 0.493 e. The van der Waals surface area contributed by atoms with Crippen LogP contribution in [0.5, 0.6) is 23.0 Å². The van der Waals surface area contributed by atoms with E-state index in [2.05, 4.69) is 0 Å². The standard InChI is InChI=1S/C33H44N2O10/c1-19(31(38)39)7-29(36)34-13-21-9-25(42-5)27(11-23(21)15-34)44-17-33(3,4)18-45-28-12-24-16-35(14-22(24)10-26(28)43-6)30(37)8-20(2)32(40)41/h9-12,19-20,29,36H,7-8,13-18H2,1-6H3,(H,38,39)(H,40,41)/t19-,20-,29?/m0/s1. The maximum atomic E-state index is 12.7. The molecule has 0 spiro atoms. The highest BCUT2D eigenvalue weighted by Gasteiger charge is 2.31. The van der Waals surface area contributed by atoms with E-state index in [-0.39, 0.29) is 18.7 Å². The first kappa shape index (κ1) is 33.9. The average Bonchev–Trinajstić information content (AvgIpc) is 3.61. The van der Waals surface area contributed by atoms with Crippen LogP contribution in [-0.2, 0) is 40.6 Å². The number of rotatable bonds is 15. The first-order valence-electron chi connectivity index (χ1n) is 15.0. The maximum Gasteiger partial charge on any atom is 0.306 e. The lowest BCUT2D eigenvalue weighted by Crippen LogP contribution is -2.33. The molecule has 0 bridgehead atoms. The van der Waals surface area contributed by atoms with Gasteiger partial charge in [0, 0.05) is 38.0 Å². The molecule has 2 aliphatic heterocycles. The molecule has 0 aliphatic carbocycles. The summed E-state index contributed by atoms with van der Waals surface area (Å²) in [6.07, 6.45) is -0.801. The number of aliphatic hydroxyl groups excluding tert-OH is 1. The molecule has 2 aliphatic rings. The number of benzene rings is 2. The molecule has 3 atom stereocenters. The molecule has 0 fully saturated rings. The van der Waals surface area contributed by atoms with Crippen molar-refractivity contribution in [3.63, 3.8) is 0 Å². The van der Waals surface area contributed by atoms with E-state index in [1.165, 1.54) is 6.92 Å². The van der Waals surface area contributed by atoms with Crippen molar-refractivity contribution in [2.45, 2.75) is 72.9 Å². The van der Waals surface area contributed by atoms with Crippen molar-refractivity contribution in [3.8, 4) is 23.0 Å². The third-order valence-corrected chi connectivity index (χ3v) is 8.34. The van der Waals surface area contributed by atoms with Gasteiger partial charge in [-0.05, 0) is 52.9 Å². The van der Waals surface area contributed by atoms with Crippen molar-refractivity contribution < 1.29 is 48.7 Å². The lowest BCUT2D eigenvalue weighted by Gasteiger charge is -2.26. The number of methoxy groups -OCH3 is 2. The Morgan fingerprint density at radius 1 is 0.756 bits per heavy atom. The Bertz CT molecular complexity index is 1420. The molecule has 1 amide bonds. The Balaban J connectivity index is 1.37. The molecular formula is C33H44N2O10. The van der Waals surface area contributed by atoms with Crippen LogP contribution in [0.15, 0.2) is 24.3 Å². The number of amides is 1. The van der Waals surface area contributed by atoms with Gasteiger partial charge in [0.2, 0.25) is 5.91 Å². The van der Waals surface area contributed by atoms with Gasteiger partial charge in [0.1, 0.15) is 6.23 Å². The van der Waals surface area contributed by atoms with E-state index in [9.17, 15) is 24.6 Å². The summed E-state index contributed by atoms with van der Waals surface area (Å²) in [6, 6.07) is 7.54. The summed E-state index contributed by atoms with van der Waals surface area (Å²) >= 11 is 0. The van der Waals surface area contributed by atoms with Gasteiger partial charge in [0.05, 0.1) is 39.3 Å². The van der Waals surface area contributed by atoms with Gasteiger partial charge in [-0.25, -0.2) is 0 Å². The number of aliphatic hydroxyl groups is 1. The van der Waals surface area contributed by atoms with Crippen molar-refractivity contribution in [1.82, 2.24) is 9.80 Å². The lowest BCUT2D eigenvalue weighted by molar-refractivity contribution is -0.145. The van der Waals surface area contributed by atoms with Crippen LogP contribution < -0.4 is 18.9 Å². The Kier molecular flexibility index (Phi) is 10.5. The number of ether oxygens (including phenoxy) is 4. The quantitative estimate of drug-likeness (QED) is 0.263. The van der Waals surface area contributed by atoms with Gasteiger partial charge in [-0.1, -0.05) is 27.7 Å². The zero-order chi connectivity index (χ0) is 33.1. The summed E-state index contributed by atoms with van der Waals surface area (Å²) in [5, 5.41) is 29.0. The minimum absolute atomic E-state index is 0.0563. The minimum Gasteiger partial charge on any atom is -0.493 e. The van der Waals surface area contributed by atoms with Crippen LogP contribution in [0.2, 0.25) is 0 Å². The van der Waals surface area contributed by atoms with E-state index in [0.29, 0.717) is 62.4 Å². The summed E-state index contributed by atoms with van der Waals surface area (Å²) < 4.78 is 23.6. The molecule has 4 rings (SSSR count). The fourth-order valence-electron chi connectivity index (χ4n) is 5.40. The van der Waals surface area contributed by atoms with Crippen LogP contribution in [0.1, 0.15) is 62.8 Å². The fourth-order valence-corrected chi connectivity index (χ4v) is 5.40. The van der Waals surface area contributed by atoms with Crippen molar-refractivity contribution >= 4 is 17.8 Å². The minimum atomic E-state index is -0.996. The van der Waals surface area contributed by atoms with Gasteiger partial charge in [-0.2, -0.15) is 0 Å². The van der Waals surface area contributed by atoms with Gasteiger partial charge in [-0.15, -0.1) is 0 Å². The zero-order valence-electron chi connectivity index (χ0n) is 26.8. The SMILES string of the molecule is COc1cc2c(cc1OCC(C)(C)COc1cc3c(cc1OC)CN(C(O)C[C@H](C)C(=O)O)C3)CN(C(=O)C[C@H](C)C(=O)O)C2. The summed E-state index contributed by atoms with van der Waals surface area (Å²) in [5.41, 5.74) is 3.40. The third-order valence-electron chi connectivity index (χ3n) is 8.34. The zero-order valence-corrected chi connectivity index (χ0v) is 26.8. The van der Waals surface area contributed by atoms with Crippen LogP contribution in [-0.4, -0.2) is 76.6 Å². The fraction of sp³-hybridized carbons (Fsp3) is 0.545.